The molecule has 0 bridgehead atoms. The molecule has 1 aliphatic carbocycles. The van der Waals surface area contributed by atoms with Gasteiger partial charge in [-0.1, -0.05) is 52.4 Å². The second-order valence-corrected chi connectivity index (χ2v) is 9.36. The molecule has 1 aromatic carbocycles. The van der Waals surface area contributed by atoms with Crippen molar-refractivity contribution in [3.05, 3.63) is 33.8 Å². The second-order valence-electron chi connectivity index (χ2n) is 5.95. The first-order valence-corrected chi connectivity index (χ1v) is 10.4. The predicted molar refractivity (Wildman–Crippen MR) is 105 cm³/mol. The highest BCUT2D eigenvalue weighted by Gasteiger charge is 2.24. The largest absolute Gasteiger partial charge is 0.357 e. The molecule has 0 saturated heterocycles. The van der Waals surface area contributed by atoms with Crippen molar-refractivity contribution in [1.29, 1.82) is 0 Å². The van der Waals surface area contributed by atoms with Crippen molar-refractivity contribution in [3.63, 3.8) is 0 Å². The van der Waals surface area contributed by atoms with Crippen molar-refractivity contribution in [2.45, 2.75) is 48.4 Å². The van der Waals surface area contributed by atoms with Gasteiger partial charge in [-0.05, 0) is 44.4 Å². The minimum atomic E-state index is -0.282. The monoisotopic (exact) mass is 416 g/mol. The molecule has 0 radical (unpaired) electrons. The van der Waals surface area contributed by atoms with E-state index in [1.807, 2.05) is 19.9 Å². The van der Waals surface area contributed by atoms with Gasteiger partial charge in [-0.3, -0.25) is 4.79 Å². The number of halogens is 2. The molecular weight excluding hydrogens is 399 g/mol. The Morgan fingerprint density at radius 3 is 2.76 bits per heavy atom. The topological polar surface area (TPSA) is 66.9 Å². The third kappa shape index (κ3) is 5.23. The molecule has 2 atom stereocenters. The standard InChI is InChI=1S/C16H18Cl2N4OS2/c1-8(12-6-3-10(17)7-13(12)18)19-14(23)9(2)24-16-22-21-15(25-16)20-11-4-5-11/h3,6-9,11H,4-5H2,1-2H3,(H,19,23)(H,20,21). The number of nitrogens with one attached hydrogen (secondary N) is 2. The zero-order valence-electron chi connectivity index (χ0n) is 13.8. The molecule has 1 aliphatic rings. The summed E-state index contributed by atoms with van der Waals surface area (Å²) >= 11 is 15.0. The first-order chi connectivity index (χ1) is 11.9. The number of rotatable bonds is 7. The summed E-state index contributed by atoms with van der Waals surface area (Å²) in [6.07, 6.45) is 2.37. The molecule has 25 heavy (non-hydrogen) atoms. The van der Waals surface area contributed by atoms with E-state index < -0.39 is 0 Å². The zero-order valence-corrected chi connectivity index (χ0v) is 16.9. The van der Waals surface area contributed by atoms with E-state index in [4.69, 9.17) is 23.2 Å². The molecular formula is C16H18Cl2N4OS2. The van der Waals surface area contributed by atoms with E-state index >= 15 is 0 Å². The van der Waals surface area contributed by atoms with Crippen LogP contribution in [0.5, 0.6) is 0 Å². The van der Waals surface area contributed by atoms with Gasteiger partial charge in [0, 0.05) is 16.1 Å². The third-order valence-corrected chi connectivity index (χ3v) is 6.35. The maximum atomic E-state index is 12.4. The Kier molecular flexibility index (Phi) is 6.09. The van der Waals surface area contributed by atoms with Crippen LogP contribution < -0.4 is 10.6 Å². The van der Waals surface area contributed by atoms with Gasteiger partial charge < -0.3 is 10.6 Å². The van der Waals surface area contributed by atoms with Crippen LogP contribution in [-0.2, 0) is 4.79 Å². The van der Waals surface area contributed by atoms with Gasteiger partial charge in [-0.2, -0.15) is 0 Å². The van der Waals surface area contributed by atoms with Crippen LogP contribution in [0.15, 0.2) is 22.5 Å². The second kappa shape index (κ2) is 8.12. The molecule has 134 valence electrons. The predicted octanol–water partition coefficient (Wildman–Crippen LogP) is 4.78. The van der Waals surface area contributed by atoms with Crippen LogP contribution in [0.25, 0.3) is 0 Å². The van der Waals surface area contributed by atoms with Crippen LogP contribution in [0.3, 0.4) is 0 Å². The Morgan fingerprint density at radius 1 is 1.32 bits per heavy atom. The number of anilines is 1. The molecule has 1 amide bonds. The molecule has 0 spiro atoms. The highest BCUT2D eigenvalue weighted by atomic mass is 35.5. The molecule has 1 fully saturated rings. The highest BCUT2D eigenvalue weighted by Crippen LogP contribution is 2.32. The normalized spacial score (nSPS) is 16.3. The van der Waals surface area contributed by atoms with E-state index in [2.05, 4.69) is 20.8 Å². The van der Waals surface area contributed by atoms with Crippen molar-refractivity contribution in [2.24, 2.45) is 0 Å². The lowest BCUT2D eigenvalue weighted by molar-refractivity contribution is -0.120. The van der Waals surface area contributed by atoms with Gasteiger partial charge in [0.25, 0.3) is 0 Å². The lowest BCUT2D eigenvalue weighted by Crippen LogP contribution is -2.33. The fourth-order valence-electron chi connectivity index (χ4n) is 2.18. The number of nitrogens with zero attached hydrogens (tertiary/aromatic N) is 2. The molecule has 5 nitrogen and oxygen atoms in total. The van der Waals surface area contributed by atoms with E-state index in [0.717, 1.165) is 15.0 Å². The molecule has 1 aromatic heterocycles. The Labute approximate surface area is 164 Å². The van der Waals surface area contributed by atoms with E-state index in [-0.39, 0.29) is 17.2 Å². The summed E-state index contributed by atoms with van der Waals surface area (Å²) in [7, 11) is 0. The smallest absolute Gasteiger partial charge is 0.233 e. The number of hydrogen-bond acceptors (Lipinski definition) is 6. The van der Waals surface area contributed by atoms with Gasteiger partial charge in [-0.15, -0.1) is 10.2 Å². The third-order valence-electron chi connectivity index (χ3n) is 3.75. The summed E-state index contributed by atoms with van der Waals surface area (Å²) in [5.74, 6) is -0.0737. The summed E-state index contributed by atoms with van der Waals surface area (Å²) in [4.78, 5) is 12.4. The van der Waals surface area contributed by atoms with Crippen LogP contribution in [-0.4, -0.2) is 27.4 Å². The average Bonchev–Trinajstić information content (AvgIpc) is 3.25. The van der Waals surface area contributed by atoms with Crippen LogP contribution in [0, 0.1) is 0 Å². The Morgan fingerprint density at radius 2 is 2.08 bits per heavy atom. The lowest BCUT2D eigenvalue weighted by atomic mass is 10.1. The highest BCUT2D eigenvalue weighted by molar-refractivity contribution is 8.02. The van der Waals surface area contributed by atoms with Crippen molar-refractivity contribution < 1.29 is 4.79 Å². The van der Waals surface area contributed by atoms with E-state index in [1.54, 1.807) is 12.1 Å². The Hall–Kier alpha value is -1.02. The molecule has 1 saturated carbocycles. The summed E-state index contributed by atoms with van der Waals surface area (Å²) < 4.78 is 0.781. The fourth-order valence-corrected chi connectivity index (χ4v) is 4.74. The number of hydrogen-bond donors (Lipinski definition) is 2. The average molecular weight is 417 g/mol. The van der Waals surface area contributed by atoms with Gasteiger partial charge in [-0.25, -0.2) is 0 Å². The zero-order chi connectivity index (χ0) is 18.0. The number of benzene rings is 1. The first-order valence-electron chi connectivity index (χ1n) is 7.94. The summed E-state index contributed by atoms with van der Waals surface area (Å²) in [5, 5.41) is 16.2. The summed E-state index contributed by atoms with van der Waals surface area (Å²) in [6, 6.07) is 5.60. The van der Waals surface area contributed by atoms with Crippen LogP contribution in [0.2, 0.25) is 10.0 Å². The van der Waals surface area contributed by atoms with Crippen molar-refractivity contribution >= 4 is 57.3 Å². The molecule has 9 heteroatoms. The molecule has 3 rings (SSSR count). The number of carbonyl (C=O) groups excluding carboxylic acids is 1. The van der Waals surface area contributed by atoms with Gasteiger partial charge in [0.1, 0.15) is 0 Å². The van der Waals surface area contributed by atoms with Crippen LogP contribution >= 0.6 is 46.3 Å². The lowest BCUT2D eigenvalue weighted by Gasteiger charge is -2.18. The maximum absolute atomic E-state index is 12.4. The van der Waals surface area contributed by atoms with Crippen molar-refractivity contribution in [2.75, 3.05) is 5.32 Å². The maximum Gasteiger partial charge on any atom is 0.233 e. The van der Waals surface area contributed by atoms with E-state index in [9.17, 15) is 4.79 Å². The fraction of sp³-hybridized carbons (Fsp3) is 0.438. The molecule has 1 heterocycles. The molecule has 2 aromatic rings. The van der Waals surface area contributed by atoms with Crippen LogP contribution in [0.4, 0.5) is 5.13 Å². The molecule has 0 aliphatic heterocycles. The summed E-state index contributed by atoms with van der Waals surface area (Å²) in [5.41, 5.74) is 0.837. The van der Waals surface area contributed by atoms with E-state index in [0.29, 0.717) is 16.1 Å². The molecule has 2 unspecified atom stereocenters. The number of carbonyl (C=O) groups is 1. The Bertz CT molecular complexity index is 766. The molecule has 2 N–H and O–H groups in total. The van der Waals surface area contributed by atoms with Gasteiger partial charge in [0.05, 0.1) is 11.3 Å². The minimum Gasteiger partial charge on any atom is -0.357 e. The summed E-state index contributed by atoms with van der Waals surface area (Å²) in [6.45, 7) is 3.75. The number of thioether (sulfide) groups is 1. The number of amides is 1. The quantitative estimate of drug-likeness (QED) is 0.635. The van der Waals surface area contributed by atoms with Gasteiger partial charge in [0.15, 0.2) is 4.34 Å². The van der Waals surface area contributed by atoms with Gasteiger partial charge >= 0.3 is 0 Å². The van der Waals surface area contributed by atoms with Crippen molar-refractivity contribution in [3.8, 4) is 0 Å². The van der Waals surface area contributed by atoms with E-state index in [1.165, 1.54) is 35.9 Å². The van der Waals surface area contributed by atoms with Gasteiger partial charge in [0.2, 0.25) is 11.0 Å². The first kappa shape index (κ1) is 18.8. The van der Waals surface area contributed by atoms with Crippen molar-refractivity contribution in [1.82, 2.24) is 15.5 Å². The Balaban J connectivity index is 1.55. The number of aromatic nitrogens is 2. The SMILES string of the molecule is CC(Sc1nnc(NC2CC2)s1)C(=O)NC(C)c1ccc(Cl)cc1Cl. The minimum absolute atomic E-state index is 0.0737. The van der Waals surface area contributed by atoms with Crippen LogP contribution in [0.1, 0.15) is 38.3 Å².